The number of carbonyl (C=O) groups is 2. The van der Waals surface area contributed by atoms with Crippen LogP contribution in [0.3, 0.4) is 0 Å². The number of nitrogens with zero attached hydrogens (tertiary/aromatic N) is 4. The highest BCUT2D eigenvalue weighted by atomic mass is 79.9. The van der Waals surface area contributed by atoms with E-state index in [-0.39, 0.29) is 41.1 Å². The number of aromatic nitrogens is 1. The monoisotopic (exact) mass is 467 g/mol. The van der Waals surface area contributed by atoms with E-state index >= 15 is 0 Å². The highest BCUT2D eigenvalue weighted by Gasteiger charge is 2.41. The molecular weight excluding hydrogens is 454 g/mol. The van der Waals surface area contributed by atoms with Crippen molar-refractivity contribution in [3.63, 3.8) is 0 Å². The van der Waals surface area contributed by atoms with Crippen LogP contribution in [0.1, 0.15) is 41.9 Å². The van der Waals surface area contributed by atoms with Crippen LogP contribution in [0, 0.1) is 22.7 Å². The quantitative estimate of drug-likeness (QED) is 0.682. The summed E-state index contributed by atoms with van der Waals surface area (Å²) in [6.45, 7) is 0. The molecule has 2 amide bonds. The van der Waals surface area contributed by atoms with Crippen molar-refractivity contribution < 1.29 is 9.59 Å². The minimum Gasteiger partial charge on any atom is -0.383 e. The number of rotatable bonds is 4. The third-order valence-electron chi connectivity index (χ3n) is 4.88. The number of pyridine rings is 1. The van der Waals surface area contributed by atoms with Crippen LogP contribution < -0.4 is 10.6 Å². The van der Waals surface area contributed by atoms with Crippen LogP contribution in [0.2, 0.25) is 0 Å². The van der Waals surface area contributed by atoms with Gasteiger partial charge in [0.15, 0.2) is 0 Å². The fourth-order valence-corrected chi connectivity index (χ4v) is 4.77. The third kappa shape index (κ3) is 3.48. The second-order valence-corrected chi connectivity index (χ2v) is 8.93. The van der Waals surface area contributed by atoms with Crippen molar-refractivity contribution in [1.29, 1.82) is 10.5 Å². The molecule has 1 aromatic heterocycles. The number of carbonyl (C=O) groups excluding carboxylic acids is 2. The molecule has 0 radical (unpaired) electrons. The lowest BCUT2D eigenvalue weighted by Crippen LogP contribution is -2.31. The normalized spacial score (nSPS) is 18.6. The van der Waals surface area contributed by atoms with Crippen molar-refractivity contribution in [2.24, 2.45) is 0 Å². The Labute approximate surface area is 179 Å². The predicted molar refractivity (Wildman–Crippen MR) is 111 cm³/mol. The Morgan fingerprint density at radius 2 is 1.79 bits per heavy atom. The molecule has 7 nitrogen and oxygen atoms in total. The zero-order chi connectivity index (χ0) is 20.7. The molecule has 2 aliphatic rings. The van der Waals surface area contributed by atoms with Gasteiger partial charge in [0.05, 0.1) is 22.1 Å². The van der Waals surface area contributed by atoms with Gasteiger partial charge in [0, 0.05) is 10.9 Å². The van der Waals surface area contributed by atoms with Crippen molar-refractivity contribution in [3.05, 3.63) is 45.4 Å². The van der Waals surface area contributed by atoms with Gasteiger partial charge in [0.2, 0.25) is 11.8 Å². The van der Waals surface area contributed by atoms with Crippen molar-refractivity contribution in [1.82, 2.24) is 4.98 Å². The molecular formula is C20H14BrN5O2S. The topological polar surface area (TPSA) is 124 Å². The summed E-state index contributed by atoms with van der Waals surface area (Å²) in [5.41, 5.74) is 7.60. The second kappa shape index (κ2) is 7.51. The average molecular weight is 468 g/mol. The first-order valence-electron chi connectivity index (χ1n) is 8.87. The van der Waals surface area contributed by atoms with E-state index in [1.165, 1.54) is 0 Å². The summed E-state index contributed by atoms with van der Waals surface area (Å²) in [6.07, 6.45) is 1.77. The number of amides is 2. The summed E-state index contributed by atoms with van der Waals surface area (Å²) in [7, 11) is 0. The van der Waals surface area contributed by atoms with Crippen LogP contribution in [0.5, 0.6) is 0 Å². The number of thioether (sulfide) groups is 1. The molecule has 1 aliphatic heterocycles. The van der Waals surface area contributed by atoms with Crippen LogP contribution in [0.25, 0.3) is 0 Å². The molecule has 1 aromatic carbocycles. The maximum absolute atomic E-state index is 12.9. The summed E-state index contributed by atoms with van der Waals surface area (Å²) in [6, 6.07) is 11.1. The van der Waals surface area contributed by atoms with Crippen LogP contribution in [-0.2, 0) is 9.59 Å². The molecule has 1 aliphatic carbocycles. The highest BCUT2D eigenvalue weighted by Crippen LogP contribution is 2.46. The zero-order valence-corrected chi connectivity index (χ0v) is 17.5. The van der Waals surface area contributed by atoms with E-state index in [0.29, 0.717) is 16.3 Å². The van der Waals surface area contributed by atoms with E-state index in [9.17, 15) is 20.1 Å². The van der Waals surface area contributed by atoms with Crippen molar-refractivity contribution >= 4 is 51.0 Å². The van der Waals surface area contributed by atoms with Gasteiger partial charge < -0.3 is 5.73 Å². The van der Waals surface area contributed by atoms with Gasteiger partial charge in [-0.2, -0.15) is 10.5 Å². The summed E-state index contributed by atoms with van der Waals surface area (Å²) in [4.78, 5) is 30.8. The first-order chi connectivity index (χ1) is 13.9. The molecule has 2 aromatic rings. The number of hydrogen-bond donors (Lipinski definition) is 1. The van der Waals surface area contributed by atoms with E-state index in [1.807, 2.05) is 6.07 Å². The SMILES string of the molecule is N#Cc1c(N)nc(S[C@H]2CC(=O)N(c3ccc(Br)cc3)C2=O)c(C#N)c1C1CC1. The molecule has 0 bridgehead atoms. The summed E-state index contributed by atoms with van der Waals surface area (Å²) in [5, 5.41) is 18.7. The molecule has 2 fully saturated rings. The largest absolute Gasteiger partial charge is 0.383 e. The first kappa shape index (κ1) is 19.4. The Bertz CT molecular complexity index is 1120. The molecule has 4 rings (SSSR count). The Kier molecular flexibility index (Phi) is 5.03. The lowest BCUT2D eigenvalue weighted by atomic mass is 10.0. The van der Waals surface area contributed by atoms with Crippen LogP contribution >= 0.6 is 27.7 Å². The molecule has 2 N–H and O–H groups in total. The van der Waals surface area contributed by atoms with Gasteiger partial charge in [0.25, 0.3) is 0 Å². The van der Waals surface area contributed by atoms with E-state index in [0.717, 1.165) is 34.0 Å². The molecule has 29 heavy (non-hydrogen) atoms. The second-order valence-electron chi connectivity index (χ2n) is 6.82. The predicted octanol–water partition coefficient (Wildman–Crippen LogP) is 3.47. The zero-order valence-electron chi connectivity index (χ0n) is 15.1. The van der Waals surface area contributed by atoms with Crippen LogP contribution in [0.4, 0.5) is 11.5 Å². The number of nitrogens with two attached hydrogens (primary N) is 1. The maximum atomic E-state index is 12.9. The number of anilines is 2. The van der Waals surface area contributed by atoms with Crippen molar-refractivity contribution in [2.75, 3.05) is 10.6 Å². The lowest BCUT2D eigenvalue weighted by Gasteiger charge is -2.16. The fraction of sp³-hybridized carbons (Fsp3) is 0.250. The molecule has 1 saturated heterocycles. The highest BCUT2D eigenvalue weighted by molar-refractivity contribution is 9.10. The molecule has 1 saturated carbocycles. The van der Waals surface area contributed by atoms with Crippen molar-refractivity contribution in [3.8, 4) is 12.1 Å². The number of nitriles is 2. The lowest BCUT2D eigenvalue weighted by molar-refractivity contribution is -0.121. The summed E-state index contributed by atoms with van der Waals surface area (Å²) < 4.78 is 0.842. The molecule has 144 valence electrons. The van der Waals surface area contributed by atoms with E-state index in [4.69, 9.17) is 5.73 Å². The van der Waals surface area contributed by atoms with Gasteiger partial charge >= 0.3 is 0 Å². The smallest absolute Gasteiger partial charge is 0.247 e. The van der Waals surface area contributed by atoms with Gasteiger partial charge in [-0.3, -0.25) is 9.59 Å². The van der Waals surface area contributed by atoms with E-state index in [1.54, 1.807) is 24.3 Å². The average Bonchev–Trinajstić information content (AvgIpc) is 3.49. The number of hydrogen-bond acceptors (Lipinski definition) is 7. The van der Waals surface area contributed by atoms with Crippen molar-refractivity contribution in [2.45, 2.75) is 35.5 Å². The van der Waals surface area contributed by atoms with Gasteiger partial charge in [-0.05, 0) is 48.6 Å². The Hall–Kier alpha value is -2.88. The molecule has 0 spiro atoms. The van der Waals surface area contributed by atoms with E-state index in [2.05, 4.69) is 27.0 Å². The summed E-state index contributed by atoms with van der Waals surface area (Å²) in [5.74, 6) is -0.497. The Morgan fingerprint density at radius 1 is 1.14 bits per heavy atom. The third-order valence-corrected chi connectivity index (χ3v) is 6.58. The number of nitrogen functional groups attached to an aromatic ring is 1. The summed E-state index contributed by atoms with van der Waals surface area (Å²) >= 11 is 4.40. The molecule has 0 unspecified atom stereocenters. The van der Waals surface area contributed by atoms with Gasteiger partial charge in [-0.25, -0.2) is 9.88 Å². The van der Waals surface area contributed by atoms with Gasteiger partial charge in [-0.1, -0.05) is 27.7 Å². The molecule has 9 heteroatoms. The van der Waals surface area contributed by atoms with E-state index < -0.39 is 5.25 Å². The maximum Gasteiger partial charge on any atom is 0.247 e. The molecule has 1 atom stereocenters. The number of halogens is 1. The van der Waals surface area contributed by atoms with Gasteiger partial charge in [0.1, 0.15) is 23.0 Å². The minimum atomic E-state index is -0.704. The van der Waals surface area contributed by atoms with Gasteiger partial charge in [-0.15, -0.1) is 0 Å². The first-order valence-corrected chi connectivity index (χ1v) is 10.5. The minimum absolute atomic E-state index is 0.00474. The fourth-order valence-electron chi connectivity index (χ4n) is 3.38. The Balaban J connectivity index is 1.67. The molecule has 2 heterocycles. The Morgan fingerprint density at radius 3 is 2.38 bits per heavy atom. The van der Waals surface area contributed by atoms with Crippen LogP contribution in [-0.4, -0.2) is 22.0 Å². The number of imide groups is 1. The number of benzene rings is 1. The van der Waals surface area contributed by atoms with Crippen LogP contribution in [0.15, 0.2) is 33.8 Å². The standard InChI is InChI=1S/C20H14BrN5O2S/c21-11-3-5-12(6-4-11)26-16(27)7-15(20(26)28)29-19-14(9-23)17(10-1-2-10)13(8-22)18(24)25-19/h3-6,10,15H,1-2,7H2,(H2,24,25)/t15-/m0/s1.